The minimum atomic E-state index is 0.135. The van der Waals surface area contributed by atoms with E-state index in [4.69, 9.17) is 4.74 Å². The molecule has 0 bridgehead atoms. The van der Waals surface area contributed by atoms with E-state index in [0.29, 0.717) is 13.2 Å². The molecule has 19 heavy (non-hydrogen) atoms. The molecule has 1 aromatic rings. The van der Waals surface area contributed by atoms with Gasteiger partial charge in [0, 0.05) is 11.0 Å². The smallest absolute Gasteiger partial charge is 0.255 e. The van der Waals surface area contributed by atoms with Crippen LogP contribution in [0.1, 0.15) is 35.2 Å². The largest absolute Gasteiger partial charge is 0.374 e. The van der Waals surface area contributed by atoms with Crippen LogP contribution in [-0.4, -0.2) is 36.1 Å². The SMILES string of the molecule is Cc1cccc(C(=O)N2CCOC3CCCC32)c1Br. The van der Waals surface area contributed by atoms with Crippen molar-refractivity contribution in [3.63, 3.8) is 0 Å². The van der Waals surface area contributed by atoms with Gasteiger partial charge < -0.3 is 9.64 Å². The van der Waals surface area contributed by atoms with Crippen molar-refractivity contribution in [3.8, 4) is 0 Å². The van der Waals surface area contributed by atoms with Gasteiger partial charge in [-0.05, 0) is 53.7 Å². The lowest BCUT2D eigenvalue weighted by molar-refractivity contribution is -0.0445. The molecule has 3 rings (SSSR count). The maximum absolute atomic E-state index is 12.8. The summed E-state index contributed by atoms with van der Waals surface area (Å²) in [7, 11) is 0. The van der Waals surface area contributed by atoms with Crippen LogP contribution in [0.15, 0.2) is 22.7 Å². The van der Waals surface area contributed by atoms with E-state index in [-0.39, 0.29) is 18.1 Å². The van der Waals surface area contributed by atoms with E-state index in [1.165, 1.54) is 0 Å². The van der Waals surface area contributed by atoms with Crippen molar-refractivity contribution in [1.29, 1.82) is 0 Å². The first-order valence-corrected chi connectivity index (χ1v) is 7.65. The average Bonchev–Trinajstić information content (AvgIpc) is 2.89. The van der Waals surface area contributed by atoms with Crippen molar-refractivity contribution in [1.82, 2.24) is 4.90 Å². The summed E-state index contributed by atoms with van der Waals surface area (Å²) in [4.78, 5) is 14.8. The first-order chi connectivity index (χ1) is 9.18. The lowest BCUT2D eigenvalue weighted by Gasteiger charge is -2.38. The Kier molecular flexibility index (Phi) is 3.63. The van der Waals surface area contributed by atoms with Gasteiger partial charge in [0.2, 0.25) is 0 Å². The molecule has 3 nitrogen and oxygen atoms in total. The number of nitrogens with zero attached hydrogens (tertiary/aromatic N) is 1. The Morgan fingerprint density at radius 1 is 1.42 bits per heavy atom. The van der Waals surface area contributed by atoms with E-state index in [2.05, 4.69) is 15.9 Å². The molecule has 1 aliphatic carbocycles. The minimum absolute atomic E-state index is 0.135. The normalized spacial score (nSPS) is 26.3. The standard InChI is InChI=1S/C15H18BrNO2/c1-10-4-2-5-11(14(10)16)15(18)17-8-9-19-13-7-3-6-12(13)17/h2,4-5,12-13H,3,6-9H2,1H3. The number of halogens is 1. The summed E-state index contributed by atoms with van der Waals surface area (Å²) in [5, 5.41) is 0. The van der Waals surface area contributed by atoms with Gasteiger partial charge in [0.25, 0.3) is 5.91 Å². The monoisotopic (exact) mass is 323 g/mol. The van der Waals surface area contributed by atoms with Crippen molar-refractivity contribution < 1.29 is 9.53 Å². The Morgan fingerprint density at radius 3 is 3.11 bits per heavy atom. The van der Waals surface area contributed by atoms with E-state index >= 15 is 0 Å². The second kappa shape index (κ2) is 5.25. The van der Waals surface area contributed by atoms with E-state index in [9.17, 15) is 4.79 Å². The van der Waals surface area contributed by atoms with Gasteiger partial charge in [-0.25, -0.2) is 0 Å². The number of fused-ring (bicyclic) bond motifs is 1. The van der Waals surface area contributed by atoms with Gasteiger partial charge in [-0.2, -0.15) is 0 Å². The molecule has 1 aromatic carbocycles. The first-order valence-electron chi connectivity index (χ1n) is 6.86. The molecular formula is C15H18BrNO2. The van der Waals surface area contributed by atoms with Gasteiger partial charge in [-0.1, -0.05) is 12.1 Å². The van der Waals surface area contributed by atoms with Crippen LogP contribution in [0.2, 0.25) is 0 Å². The first kappa shape index (κ1) is 13.1. The Labute approximate surface area is 122 Å². The molecular weight excluding hydrogens is 306 g/mol. The molecule has 1 saturated heterocycles. The number of ether oxygens (including phenoxy) is 1. The summed E-state index contributed by atoms with van der Waals surface area (Å²) in [6.07, 6.45) is 3.57. The predicted molar refractivity (Wildman–Crippen MR) is 77.3 cm³/mol. The van der Waals surface area contributed by atoms with E-state index < -0.39 is 0 Å². The number of hydrogen-bond acceptors (Lipinski definition) is 2. The summed E-state index contributed by atoms with van der Waals surface area (Å²) in [6, 6.07) is 6.13. The second-order valence-corrected chi connectivity index (χ2v) is 6.14. The van der Waals surface area contributed by atoms with Crippen LogP contribution in [-0.2, 0) is 4.74 Å². The van der Waals surface area contributed by atoms with Crippen LogP contribution in [0.5, 0.6) is 0 Å². The van der Waals surface area contributed by atoms with Crippen LogP contribution < -0.4 is 0 Å². The number of carbonyl (C=O) groups excluding carboxylic acids is 1. The average molecular weight is 324 g/mol. The lowest BCUT2D eigenvalue weighted by Crippen LogP contribution is -2.51. The van der Waals surface area contributed by atoms with Gasteiger partial charge in [-0.3, -0.25) is 4.79 Å². The van der Waals surface area contributed by atoms with Gasteiger partial charge in [0.1, 0.15) is 0 Å². The highest BCUT2D eigenvalue weighted by Gasteiger charge is 2.38. The van der Waals surface area contributed by atoms with Crippen LogP contribution in [0.3, 0.4) is 0 Å². The third-order valence-corrected chi connectivity index (χ3v) is 5.22. The fourth-order valence-electron chi connectivity index (χ4n) is 3.15. The van der Waals surface area contributed by atoms with Crippen molar-refractivity contribution in [2.24, 2.45) is 0 Å². The van der Waals surface area contributed by atoms with E-state index in [1.807, 2.05) is 30.0 Å². The lowest BCUT2D eigenvalue weighted by atomic mass is 10.1. The van der Waals surface area contributed by atoms with Crippen molar-refractivity contribution in [2.75, 3.05) is 13.2 Å². The molecule has 2 atom stereocenters. The number of benzene rings is 1. The number of aryl methyl sites for hydroxylation is 1. The van der Waals surface area contributed by atoms with Crippen LogP contribution in [0, 0.1) is 6.92 Å². The summed E-state index contributed by atoms with van der Waals surface area (Å²) in [6.45, 7) is 3.38. The molecule has 0 radical (unpaired) electrons. The number of morpholine rings is 1. The molecule has 1 amide bonds. The summed E-state index contributed by atoms with van der Waals surface area (Å²) in [5.74, 6) is 0.135. The van der Waals surface area contributed by atoms with Crippen molar-refractivity contribution in [2.45, 2.75) is 38.3 Å². The number of rotatable bonds is 1. The highest BCUT2D eigenvalue weighted by Crippen LogP contribution is 2.32. The zero-order valence-electron chi connectivity index (χ0n) is 11.1. The van der Waals surface area contributed by atoms with Gasteiger partial charge in [0.05, 0.1) is 24.3 Å². The van der Waals surface area contributed by atoms with E-state index in [1.54, 1.807) is 0 Å². The molecule has 2 fully saturated rings. The fraction of sp³-hybridized carbons (Fsp3) is 0.533. The van der Waals surface area contributed by atoms with Gasteiger partial charge in [0.15, 0.2) is 0 Å². The number of carbonyl (C=O) groups is 1. The van der Waals surface area contributed by atoms with Crippen LogP contribution in [0.25, 0.3) is 0 Å². The quantitative estimate of drug-likeness (QED) is 0.794. The highest BCUT2D eigenvalue weighted by molar-refractivity contribution is 9.10. The highest BCUT2D eigenvalue weighted by atomic mass is 79.9. The maximum atomic E-state index is 12.8. The van der Waals surface area contributed by atoms with Gasteiger partial charge >= 0.3 is 0 Å². The molecule has 102 valence electrons. The Hall–Kier alpha value is -0.870. The molecule has 4 heteroatoms. The topological polar surface area (TPSA) is 29.5 Å². The molecule has 1 heterocycles. The third kappa shape index (κ3) is 2.32. The molecule has 2 aliphatic rings. The molecule has 0 N–H and O–H groups in total. The third-order valence-electron chi connectivity index (χ3n) is 4.17. The number of amides is 1. The summed E-state index contributed by atoms with van der Waals surface area (Å²) < 4.78 is 6.68. The van der Waals surface area contributed by atoms with Gasteiger partial charge in [-0.15, -0.1) is 0 Å². The maximum Gasteiger partial charge on any atom is 0.255 e. The van der Waals surface area contributed by atoms with Crippen molar-refractivity contribution >= 4 is 21.8 Å². The fourth-order valence-corrected chi connectivity index (χ4v) is 3.58. The Balaban J connectivity index is 1.88. The molecule has 1 aliphatic heterocycles. The predicted octanol–water partition coefficient (Wildman–Crippen LogP) is 3.15. The summed E-state index contributed by atoms with van der Waals surface area (Å²) in [5.41, 5.74) is 1.87. The molecule has 0 aromatic heterocycles. The molecule has 1 saturated carbocycles. The minimum Gasteiger partial charge on any atom is -0.374 e. The second-order valence-electron chi connectivity index (χ2n) is 5.34. The molecule has 0 spiro atoms. The zero-order valence-corrected chi connectivity index (χ0v) is 12.6. The zero-order chi connectivity index (χ0) is 13.4. The van der Waals surface area contributed by atoms with Crippen LogP contribution in [0.4, 0.5) is 0 Å². The Morgan fingerprint density at radius 2 is 2.26 bits per heavy atom. The molecule has 2 unspecified atom stereocenters. The number of hydrogen-bond donors (Lipinski definition) is 0. The van der Waals surface area contributed by atoms with Crippen LogP contribution >= 0.6 is 15.9 Å². The summed E-state index contributed by atoms with van der Waals surface area (Å²) >= 11 is 3.54. The Bertz CT molecular complexity index is 503. The van der Waals surface area contributed by atoms with E-state index in [0.717, 1.165) is 34.9 Å². The van der Waals surface area contributed by atoms with Crippen molar-refractivity contribution in [3.05, 3.63) is 33.8 Å².